The molecule has 16 heteroatoms. The van der Waals surface area contributed by atoms with Gasteiger partial charge in [-0.3, -0.25) is 9.59 Å². The number of hydrazone groups is 1. The lowest BCUT2D eigenvalue weighted by Gasteiger charge is -2.11. The lowest BCUT2D eigenvalue weighted by molar-refractivity contribution is -0.119. The van der Waals surface area contributed by atoms with E-state index in [2.05, 4.69) is 35.8 Å². The maximum Gasteiger partial charge on any atom is 0.293 e. The molecule has 0 atom stereocenters. The smallest absolute Gasteiger partial charge is 0.293 e. The molecule has 15 nitrogen and oxygen atoms in total. The summed E-state index contributed by atoms with van der Waals surface area (Å²) >= 11 is 0. The van der Waals surface area contributed by atoms with E-state index < -0.39 is 17.6 Å². The molecule has 4 aromatic rings. The molecule has 0 bridgehead atoms. The third-order valence-corrected chi connectivity index (χ3v) is 4.88. The molecule has 0 saturated carbocycles. The summed E-state index contributed by atoms with van der Waals surface area (Å²) in [4.78, 5) is 23.9. The molecule has 5 N–H and O–H groups in total. The van der Waals surface area contributed by atoms with E-state index in [1.807, 2.05) is 0 Å². The van der Waals surface area contributed by atoms with Crippen molar-refractivity contribution in [3.05, 3.63) is 65.2 Å². The molecule has 0 spiro atoms. The van der Waals surface area contributed by atoms with Gasteiger partial charge in [0.1, 0.15) is 23.9 Å². The number of amides is 2. The Balaban J connectivity index is 1.52. The van der Waals surface area contributed by atoms with Crippen LogP contribution in [0.25, 0.3) is 5.82 Å². The first-order valence-electron chi connectivity index (χ1n) is 11.3. The van der Waals surface area contributed by atoms with Gasteiger partial charge in [-0.05, 0) is 65.3 Å². The third-order valence-electron chi connectivity index (χ3n) is 4.88. The number of nitrogens with zero attached hydrogens (tertiary/aromatic N) is 6. The van der Waals surface area contributed by atoms with E-state index in [0.29, 0.717) is 29.4 Å². The molecule has 0 aliphatic heterocycles. The summed E-state index contributed by atoms with van der Waals surface area (Å²) in [6, 6.07) is 10.1. The highest BCUT2D eigenvalue weighted by atomic mass is 19.1. The lowest BCUT2D eigenvalue weighted by Crippen LogP contribution is -2.21. The van der Waals surface area contributed by atoms with Crippen LogP contribution in [0, 0.1) is 5.82 Å². The lowest BCUT2D eigenvalue weighted by atomic mass is 10.2. The normalized spacial score (nSPS) is 10.9. The molecule has 2 aromatic carbocycles. The summed E-state index contributed by atoms with van der Waals surface area (Å²) in [5.41, 5.74) is 13.8. The summed E-state index contributed by atoms with van der Waals surface area (Å²) < 4.78 is 35.5. The number of nitrogen functional groups attached to an aromatic ring is 1. The maximum atomic E-state index is 13.2. The van der Waals surface area contributed by atoms with E-state index in [9.17, 15) is 14.0 Å². The SMILES string of the molecule is CCOc1cc(C=NNC(=O)c2nnn(-c3nonc3N)c2COc2ccc(F)cc2)ccc1OCC(N)=O. The molecular formula is C23H22FN9O6. The topological polar surface area (TPSA) is 208 Å². The summed E-state index contributed by atoms with van der Waals surface area (Å²) in [7, 11) is 0. The molecule has 2 heterocycles. The number of nitrogens with one attached hydrogen (secondary N) is 1. The Labute approximate surface area is 219 Å². The van der Waals surface area contributed by atoms with Gasteiger partial charge in [-0.25, -0.2) is 14.4 Å². The van der Waals surface area contributed by atoms with Crippen molar-refractivity contribution >= 4 is 23.8 Å². The summed E-state index contributed by atoms with van der Waals surface area (Å²) in [6.07, 6.45) is 1.36. The molecule has 2 aromatic heterocycles. The molecule has 202 valence electrons. The van der Waals surface area contributed by atoms with Crippen LogP contribution in [0.1, 0.15) is 28.7 Å². The van der Waals surface area contributed by atoms with E-state index >= 15 is 0 Å². The fraction of sp³-hybridized carbons (Fsp3) is 0.174. The van der Waals surface area contributed by atoms with Crippen LogP contribution in [0.2, 0.25) is 0 Å². The number of rotatable bonds is 12. The van der Waals surface area contributed by atoms with Crippen molar-refractivity contribution < 1.29 is 32.8 Å². The molecular weight excluding hydrogens is 517 g/mol. The van der Waals surface area contributed by atoms with Crippen molar-refractivity contribution in [1.82, 2.24) is 30.7 Å². The summed E-state index contributed by atoms with van der Waals surface area (Å²) in [5.74, 6) is -0.893. The predicted octanol–water partition coefficient (Wildman–Crippen LogP) is 0.977. The van der Waals surface area contributed by atoms with Gasteiger partial charge in [0.2, 0.25) is 11.6 Å². The van der Waals surface area contributed by atoms with Gasteiger partial charge in [-0.2, -0.15) is 9.78 Å². The number of halogens is 1. The predicted molar refractivity (Wildman–Crippen MR) is 132 cm³/mol. The molecule has 0 aliphatic rings. The number of aromatic nitrogens is 5. The molecule has 0 saturated heterocycles. The van der Waals surface area contributed by atoms with Gasteiger partial charge in [0.05, 0.1) is 12.8 Å². The van der Waals surface area contributed by atoms with Gasteiger partial charge in [0.25, 0.3) is 11.8 Å². The fourth-order valence-electron chi connectivity index (χ4n) is 3.16. The number of ether oxygens (including phenoxy) is 3. The fourth-order valence-corrected chi connectivity index (χ4v) is 3.16. The van der Waals surface area contributed by atoms with Gasteiger partial charge < -0.3 is 25.7 Å². The van der Waals surface area contributed by atoms with Crippen molar-refractivity contribution in [2.75, 3.05) is 18.9 Å². The van der Waals surface area contributed by atoms with E-state index in [1.54, 1.807) is 25.1 Å². The molecule has 0 fully saturated rings. The Kier molecular flexibility index (Phi) is 8.25. The highest BCUT2D eigenvalue weighted by Crippen LogP contribution is 2.28. The molecule has 0 aliphatic carbocycles. The first-order valence-corrected chi connectivity index (χ1v) is 11.3. The van der Waals surface area contributed by atoms with Crippen LogP contribution in [-0.4, -0.2) is 56.5 Å². The average molecular weight is 539 g/mol. The second-order valence-electron chi connectivity index (χ2n) is 7.61. The van der Waals surface area contributed by atoms with Gasteiger partial charge in [-0.15, -0.1) is 5.10 Å². The van der Waals surface area contributed by atoms with E-state index in [4.69, 9.17) is 25.7 Å². The van der Waals surface area contributed by atoms with Gasteiger partial charge >= 0.3 is 0 Å². The van der Waals surface area contributed by atoms with Gasteiger partial charge in [-0.1, -0.05) is 5.21 Å². The van der Waals surface area contributed by atoms with Crippen molar-refractivity contribution in [3.63, 3.8) is 0 Å². The Morgan fingerprint density at radius 1 is 1.13 bits per heavy atom. The van der Waals surface area contributed by atoms with Crippen molar-refractivity contribution in [3.8, 4) is 23.1 Å². The first kappa shape index (κ1) is 26.5. The maximum absolute atomic E-state index is 13.2. The number of anilines is 1. The molecule has 0 unspecified atom stereocenters. The van der Waals surface area contributed by atoms with Gasteiger partial charge in [0, 0.05) is 0 Å². The highest BCUT2D eigenvalue weighted by Gasteiger charge is 2.24. The Hall–Kier alpha value is -5.54. The highest BCUT2D eigenvalue weighted by molar-refractivity contribution is 5.94. The van der Waals surface area contributed by atoms with E-state index in [1.165, 1.54) is 30.5 Å². The zero-order valence-corrected chi connectivity index (χ0v) is 20.4. The van der Waals surface area contributed by atoms with Crippen LogP contribution in [0.5, 0.6) is 17.2 Å². The number of carbonyl (C=O) groups excluding carboxylic acids is 2. The third kappa shape index (κ3) is 6.62. The van der Waals surface area contributed by atoms with Crippen molar-refractivity contribution in [2.24, 2.45) is 10.8 Å². The molecule has 4 rings (SSSR count). The average Bonchev–Trinajstić information content (AvgIpc) is 3.53. The first-order chi connectivity index (χ1) is 18.9. The molecule has 39 heavy (non-hydrogen) atoms. The molecule has 0 radical (unpaired) electrons. The Morgan fingerprint density at radius 3 is 2.62 bits per heavy atom. The Morgan fingerprint density at radius 2 is 1.92 bits per heavy atom. The summed E-state index contributed by atoms with van der Waals surface area (Å²) in [6.45, 7) is 1.59. The van der Waals surface area contributed by atoms with Crippen LogP contribution in [0.15, 0.2) is 52.2 Å². The quantitative estimate of drug-likeness (QED) is 0.171. The monoisotopic (exact) mass is 539 g/mol. The minimum absolute atomic E-state index is 0.00939. The zero-order valence-electron chi connectivity index (χ0n) is 20.4. The van der Waals surface area contributed by atoms with E-state index in [-0.39, 0.29) is 36.2 Å². The largest absolute Gasteiger partial charge is 0.490 e. The molecule has 2 amide bonds. The van der Waals surface area contributed by atoms with Crippen molar-refractivity contribution in [1.29, 1.82) is 0 Å². The van der Waals surface area contributed by atoms with Crippen LogP contribution >= 0.6 is 0 Å². The minimum atomic E-state index is -0.725. The minimum Gasteiger partial charge on any atom is -0.490 e. The van der Waals surface area contributed by atoms with E-state index in [0.717, 1.165) is 4.68 Å². The van der Waals surface area contributed by atoms with Crippen LogP contribution in [0.4, 0.5) is 10.2 Å². The Bertz CT molecular complexity index is 1490. The van der Waals surface area contributed by atoms with Crippen LogP contribution in [0.3, 0.4) is 0 Å². The number of primary amides is 1. The number of carbonyl (C=O) groups is 2. The standard InChI is InChI=1S/C23H22FN9O6/c1-2-36-18-9-13(3-8-17(18)38-12-19(25)34)10-27-29-23(35)20-16(11-37-15-6-4-14(24)5-7-15)33(32-28-20)22-21(26)30-39-31-22/h3-10H,2,11-12H2,1H3,(H2,25,34)(H2,26,30)(H,29,35). The number of benzene rings is 2. The van der Waals surface area contributed by atoms with Gasteiger partial charge in [0.15, 0.2) is 23.8 Å². The zero-order chi connectivity index (χ0) is 27.8. The number of hydrogen-bond donors (Lipinski definition) is 3. The second kappa shape index (κ2) is 12.1. The summed E-state index contributed by atoms with van der Waals surface area (Å²) in [5, 5.41) is 18.9. The number of hydrogen-bond acceptors (Lipinski definition) is 12. The van der Waals surface area contributed by atoms with Crippen LogP contribution in [-0.2, 0) is 11.4 Å². The second-order valence-corrected chi connectivity index (χ2v) is 7.61. The number of nitrogens with two attached hydrogens (primary N) is 2. The van der Waals surface area contributed by atoms with Crippen LogP contribution < -0.4 is 31.1 Å². The van der Waals surface area contributed by atoms with Crippen molar-refractivity contribution in [2.45, 2.75) is 13.5 Å².